The molecule has 1 saturated heterocycles. The van der Waals surface area contributed by atoms with Crippen molar-refractivity contribution in [3.8, 4) is 0 Å². The maximum Gasteiger partial charge on any atom is 0.323 e. The van der Waals surface area contributed by atoms with Gasteiger partial charge in [-0.1, -0.05) is 18.2 Å². The highest BCUT2D eigenvalue weighted by Crippen LogP contribution is 2.21. The Labute approximate surface area is 216 Å². The summed E-state index contributed by atoms with van der Waals surface area (Å²) in [6.45, 7) is 3.08. The van der Waals surface area contributed by atoms with Crippen LogP contribution in [0.4, 0.5) is 5.69 Å². The molecule has 0 radical (unpaired) electrons. The van der Waals surface area contributed by atoms with Crippen LogP contribution in [0.15, 0.2) is 64.5 Å². The number of aliphatic carboxylic acids is 1. The first-order valence-corrected chi connectivity index (χ1v) is 13.8. The van der Waals surface area contributed by atoms with Gasteiger partial charge >= 0.3 is 5.97 Å². The number of aliphatic imine (C=N–C) groups is 1. The van der Waals surface area contributed by atoms with Crippen LogP contribution < -0.4 is 25.6 Å². The van der Waals surface area contributed by atoms with Gasteiger partial charge in [-0.3, -0.25) is 14.6 Å². The second-order valence-electron chi connectivity index (χ2n) is 9.02. The van der Waals surface area contributed by atoms with Crippen molar-refractivity contribution >= 4 is 33.5 Å². The number of sulfonamides is 1. The number of carboxylic acids is 1. The van der Waals surface area contributed by atoms with Crippen LogP contribution in [0.3, 0.4) is 0 Å². The van der Waals surface area contributed by atoms with E-state index in [1.54, 1.807) is 30.3 Å². The molecule has 11 nitrogen and oxygen atoms in total. The average Bonchev–Trinajstić information content (AvgIpc) is 2.92. The lowest BCUT2D eigenvalue weighted by molar-refractivity contribution is -0.138. The lowest BCUT2D eigenvalue weighted by Gasteiger charge is -2.35. The maximum atomic E-state index is 12.6. The molecule has 0 aromatic heterocycles. The SMILES string of the molecule is O=C(NC[C@H](NS(=O)(=O)c1ccccc1)C(=O)O)c1ccc(N2CCC[C@H](NC3=NCCCN3)C2)cc1. The van der Waals surface area contributed by atoms with E-state index in [1.807, 2.05) is 12.1 Å². The minimum atomic E-state index is -4.05. The van der Waals surface area contributed by atoms with Crippen molar-refractivity contribution in [3.63, 3.8) is 0 Å². The largest absolute Gasteiger partial charge is 0.480 e. The molecule has 2 aliphatic heterocycles. The maximum absolute atomic E-state index is 12.6. The zero-order chi connectivity index (χ0) is 26.3. The summed E-state index contributed by atoms with van der Waals surface area (Å²) >= 11 is 0. The molecule has 0 bridgehead atoms. The number of rotatable bonds is 9. The number of benzene rings is 2. The fourth-order valence-electron chi connectivity index (χ4n) is 4.31. The van der Waals surface area contributed by atoms with Crippen molar-refractivity contribution in [1.29, 1.82) is 0 Å². The summed E-state index contributed by atoms with van der Waals surface area (Å²) in [6.07, 6.45) is 3.13. The highest BCUT2D eigenvalue weighted by atomic mass is 32.2. The third-order valence-electron chi connectivity index (χ3n) is 6.27. The van der Waals surface area contributed by atoms with Crippen LogP contribution in [0.25, 0.3) is 0 Å². The number of guanidine groups is 1. The topological polar surface area (TPSA) is 152 Å². The van der Waals surface area contributed by atoms with Gasteiger partial charge in [0, 0.05) is 50.0 Å². The molecule has 0 saturated carbocycles. The van der Waals surface area contributed by atoms with Crippen molar-refractivity contribution in [2.45, 2.75) is 36.2 Å². The first-order chi connectivity index (χ1) is 17.8. The van der Waals surface area contributed by atoms with Crippen LogP contribution in [-0.4, -0.2) is 76.2 Å². The number of anilines is 1. The van der Waals surface area contributed by atoms with E-state index in [2.05, 4.69) is 30.6 Å². The molecule has 2 aromatic rings. The number of carbonyl (C=O) groups excluding carboxylic acids is 1. The van der Waals surface area contributed by atoms with E-state index in [9.17, 15) is 23.1 Å². The van der Waals surface area contributed by atoms with Gasteiger partial charge < -0.3 is 26.0 Å². The molecule has 0 spiro atoms. The molecule has 1 fully saturated rings. The summed E-state index contributed by atoms with van der Waals surface area (Å²) in [6, 6.07) is 13.3. The van der Waals surface area contributed by atoms with E-state index in [0.717, 1.165) is 57.1 Å². The van der Waals surface area contributed by atoms with Crippen molar-refractivity contribution < 1.29 is 23.1 Å². The molecular formula is C25H32N6O5S. The molecule has 37 heavy (non-hydrogen) atoms. The van der Waals surface area contributed by atoms with E-state index in [0.29, 0.717) is 5.56 Å². The molecule has 2 aliphatic rings. The average molecular weight is 529 g/mol. The van der Waals surface area contributed by atoms with Crippen LogP contribution in [-0.2, 0) is 14.8 Å². The zero-order valence-corrected chi connectivity index (χ0v) is 21.2. The van der Waals surface area contributed by atoms with Crippen LogP contribution >= 0.6 is 0 Å². The minimum Gasteiger partial charge on any atom is -0.480 e. The van der Waals surface area contributed by atoms with Gasteiger partial charge in [0.25, 0.3) is 5.91 Å². The second kappa shape index (κ2) is 12.1. The van der Waals surface area contributed by atoms with E-state index < -0.39 is 34.5 Å². The smallest absolute Gasteiger partial charge is 0.323 e. The Morgan fingerprint density at radius 1 is 1.11 bits per heavy atom. The minimum absolute atomic E-state index is 0.0543. The van der Waals surface area contributed by atoms with E-state index in [-0.39, 0.29) is 10.9 Å². The lowest BCUT2D eigenvalue weighted by atomic mass is 10.0. The molecule has 4 rings (SSSR count). The van der Waals surface area contributed by atoms with Crippen LogP contribution in [0, 0.1) is 0 Å². The molecule has 2 heterocycles. The fourth-order valence-corrected chi connectivity index (χ4v) is 5.52. The molecule has 5 N–H and O–H groups in total. The molecule has 0 unspecified atom stereocenters. The number of hydrogen-bond acceptors (Lipinski definition) is 8. The summed E-state index contributed by atoms with van der Waals surface area (Å²) in [5.74, 6) is -1.02. The summed E-state index contributed by atoms with van der Waals surface area (Å²) in [5, 5.41) is 18.8. The van der Waals surface area contributed by atoms with Gasteiger partial charge in [-0.15, -0.1) is 0 Å². The number of amides is 1. The van der Waals surface area contributed by atoms with Gasteiger partial charge in [0.1, 0.15) is 6.04 Å². The number of nitrogens with zero attached hydrogens (tertiary/aromatic N) is 2. The number of carbonyl (C=O) groups is 2. The van der Waals surface area contributed by atoms with Gasteiger partial charge in [-0.2, -0.15) is 4.72 Å². The summed E-state index contributed by atoms with van der Waals surface area (Å²) in [4.78, 5) is 31.0. The molecule has 0 aliphatic carbocycles. The highest BCUT2D eigenvalue weighted by Gasteiger charge is 2.26. The van der Waals surface area contributed by atoms with Gasteiger partial charge in [-0.05, 0) is 55.7 Å². The van der Waals surface area contributed by atoms with E-state index in [4.69, 9.17) is 0 Å². The predicted molar refractivity (Wildman–Crippen MR) is 140 cm³/mol. The van der Waals surface area contributed by atoms with Crippen molar-refractivity contribution in [3.05, 3.63) is 60.2 Å². The first-order valence-electron chi connectivity index (χ1n) is 12.3. The van der Waals surface area contributed by atoms with E-state index >= 15 is 0 Å². The Kier molecular flexibility index (Phi) is 8.62. The number of hydrogen-bond donors (Lipinski definition) is 5. The predicted octanol–water partition coefficient (Wildman–Crippen LogP) is 0.756. The third-order valence-corrected chi connectivity index (χ3v) is 7.76. The molecule has 198 valence electrons. The quantitative estimate of drug-likeness (QED) is 0.320. The monoisotopic (exact) mass is 528 g/mol. The summed E-state index contributed by atoms with van der Waals surface area (Å²) < 4.78 is 27.1. The molecule has 12 heteroatoms. The first kappa shape index (κ1) is 26.4. The summed E-state index contributed by atoms with van der Waals surface area (Å²) in [7, 11) is -4.05. The van der Waals surface area contributed by atoms with Crippen LogP contribution in [0.5, 0.6) is 0 Å². The number of piperidine rings is 1. The standard InChI is InChI=1S/C25H32N6O5S/c32-23(28-16-22(24(33)34)30-37(35,36)21-7-2-1-3-8-21)18-9-11-20(12-10-18)31-15-4-6-19(17-31)29-25-26-13-5-14-27-25/h1-3,7-12,19,22,30H,4-6,13-17H2,(H,28,32)(H,33,34)(H2,26,27,29)/t19-,22-/m0/s1. The molecule has 1 amide bonds. The molecular weight excluding hydrogens is 496 g/mol. The lowest BCUT2D eigenvalue weighted by Crippen LogP contribution is -2.52. The Hall–Kier alpha value is -3.64. The van der Waals surface area contributed by atoms with Gasteiger partial charge in [-0.25, -0.2) is 8.42 Å². The highest BCUT2D eigenvalue weighted by molar-refractivity contribution is 7.89. The normalized spacial score (nSPS) is 18.8. The molecule has 2 aromatic carbocycles. The Bertz CT molecular complexity index is 1220. The second-order valence-corrected chi connectivity index (χ2v) is 10.7. The third kappa shape index (κ3) is 7.20. The van der Waals surface area contributed by atoms with Crippen molar-refractivity contribution in [2.24, 2.45) is 4.99 Å². The van der Waals surface area contributed by atoms with Gasteiger partial charge in [0.05, 0.1) is 4.90 Å². The zero-order valence-electron chi connectivity index (χ0n) is 20.4. The Balaban J connectivity index is 1.32. The van der Waals surface area contributed by atoms with E-state index in [1.165, 1.54) is 12.1 Å². The molecule has 2 atom stereocenters. The van der Waals surface area contributed by atoms with Crippen LogP contribution in [0.2, 0.25) is 0 Å². The number of carboxylic acid groups (broad SMARTS) is 1. The van der Waals surface area contributed by atoms with Crippen molar-refractivity contribution in [2.75, 3.05) is 37.6 Å². The Morgan fingerprint density at radius 2 is 1.86 bits per heavy atom. The fraction of sp³-hybridized carbons (Fsp3) is 0.400. The summed E-state index contributed by atoms with van der Waals surface area (Å²) in [5.41, 5.74) is 1.34. The van der Waals surface area contributed by atoms with Crippen LogP contribution in [0.1, 0.15) is 29.6 Å². The Morgan fingerprint density at radius 3 is 2.54 bits per heavy atom. The van der Waals surface area contributed by atoms with Gasteiger partial charge in [0.2, 0.25) is 10.0 Å². The van der Waals surface area contributed by atoms with Gasteiger partial charge in [0.15, 0.2) is 5.96 Å². The number of nitrogens with one attached hydrogen (secondary N) is 4. The van der Waals surface area contributed by atoms with Crippen molar-refractivity contribution in [1.82, 2.24) is 20.7 Å².